The van der Waals surface area contributed by atoms with Crippen LogP contribution in [0, 0.1) is 0 Å². The molecule has 0 radical (unpaired) electrons. The van der Waals surface area contributed by atoms with E-state index in [1.54, 1.807) is 18.5 Å². The van der Waals surface area contributed by atoms with E-state index in [4.69, 9.17) is 16.3 Å². The Kier molecular flexibility index (Phi) is 3.67. The van der Waals surface area contributed by atoms with Crippen molar-refractivity contribution >= 4 is 11.6 Å². The fourth-order valence-electron chi connectivity index (χ4n) is 1.81. The van der Waals surface area contributed by atoms with Gasteiger partial charge in [-0.25, -0.2) is 0 Å². The van der Waals surface area contributed by atoms with Gasteiger partial charge >= 0.3 is 0 Å². The van der Waals surface area contributed by atoms with Crippen molar-refractivity contribution in [2.24, 2.45) is 0 Å². The van der Waals surface area contributed by atoms with Crippen LogP contribution in [0.2, 0.25) is 5.02 Å². The molecule has 2 aromatic rings. The average molecular weight is 275 g/mol. The van der Waals surface area contributed by atoms with Gasteiger partial charge in [0.25, 0.3) is 0 Å². The van der Waals surface area contributed by atoms with E-state index in [1.807, 2.05) is 12.1 Å². The van der Waals surface area contributed by atoms with Crippen molar-refractivity contribution in [3.05, 3.63) is 53.3 Å². The first kappa shape index (κ1) is 12.5. The number of rotatable bonds is 5. The maximum Gasteiger partial charge on any atom is 0.147 e. The zero-order valence-corrected chi connectivity index (χ0v) is 11.2. The molecule has 0 amide bonds. The Morgan fingerprint density at radius 1 is 1.16 bits per heavy atom. The maximum atomic E-state index is 5.86. The SMILES string of the molecule is Clc1cncc(Oc2ccc(CNC3CC3)cc2)c1. The molecule has 3 rings (SSSR count). The van der Waals surface area contributed by atoms with E-state index in [2.05, 4.69) is 22.4 Å². The quantitative estimate of drug-likeness (QED) is 0.901. The Morgan fingerprint density at radius 2 is 1.95 bits per heavy atom. The van der Waals surface area contributed by atoms with Gasteiger partial charge in [-0.2, -0.15) is 0 Å². The number of nitrogens with one attached hydrogen (secondary N) is 1. The maximum absolute atomic E-state index is 5.86. The van der Waals surface area contributed by atoms with Crippen LogP contribution in [0.15, 0.2) is 42.7 Å². The van der Waals surface area contributed by atoms with E-state index in [0.29, 0.717) is 10.8 Å². The Morgan fingerprint density at radius 3 is 2.63 bits per heavy atom. The van der Waals surface area contributed by atoms with E-state index in [-0.39, 0.29) is 0 Å². The van der Waals surface area contributed by atoms with Crippen LogP contribution >= 0.6 is 11.6 Å². The van der Waals surface area contributed by atoms with Gasteiger partial charge in [0.1, 0.15) is 11.5 Å². The molecule has 3 nitrogen and oxygen atoms in total. The molecule has 1 fully saturated rings. The predicted molar refractivity (Wildman–Crippen MR) is 75.6 cm³/mol. The van der Waals surface area contributed by atoms with Crippen molar-refractivity contribution in [3.63, 3.8) is 0 Å². The van der Waals surface area contributed by atoms with Gasteiger partial charge in [0.15, 0.2) is 0 Å². The number of benzene rings is 1. The molecule has 98 valence electrons. The highest BCUT2D eigenvalue weighted by molar-refractivity contribution is 6.30. The zero-order chi connectivity index (χ0) is 13.1. The van der Waals surface area contributed by atoms with E-state index in [0.717, 1.165) is 18.3 Å². The molecule has 4 heteroatoms. The molecule has 0 aliphatic heterocycles. The first-order valence-electron chi connectivity index (χ1n) is 6.40. The molecule has 1 aromatic carbocycles. The van der Waals surface area contributed by atoms with Crippen LogP contribution in [0.5, 0.6) is 11.5 Å². The molecule has 0 saturated heterocycles. The largest absolute Gasteiger partial charge is 0.456 e. The molecule has 1 aliphatic carbocycles. The molecule has 0 atom stereocenters. The van der Waals surface area contributed by atoms with Gasteiger partial charge in [-0.05, 0) is 30.5 Å². The minimum absolute atomic E-state index is 0.572. The third-order valence-corrected chi connectivity index (χ3v) is 3.22. The first-order valence-corrected chi connectivity index (χ1v) is 6.78. The normalized spacial score (nSPS) is 14.4. The highest BCUT2D eigenvalue weighted by atomic mass is 35.5. The number of hydrogen-bond acceptors (Lipinski definition) is 3. The Bertz CT molecular complexity index is 552. The summed E-state index contributed by atoms with van der Waals surface area (Å²) in [6, 6.07) is 10.5. The summed E-state index contributed by atoms with van der Waals surface area (Å²) in [5, 5.41) is 4.05. The highest BCUT2D eigenvalue weighted by Crippen LogP contribution is 2.24. The Labute approximate surface area is 117 Å². The molecule has 0 unspecified atom stereocenters. The topological polar surface area (TPSA) is 34.1 Å². The predicted octanol–water partition coefficient (Wildman–Crippen LogP) is 3.78. The van der Waals surface area contributed by atoms with Crippen molar-refractivity contribution in [1.29, 1.82) is 0 Å². The van der Waals surface area contributed by atoms with Gasteiger partial charge in [-0.3, -0.25) is 4.98 Å². The lowest BCUT2D eigenvalue weighted by Gasteiger charge is -2.07. The van der Waals surface area contributed by atoms with Crippen molar-refractivity contribution in [2.75, 3.05) is 0 Å². The number of halogens is 1. The molecular formula is C15H15ClN2O. The van der Waals surface area contributed by atoms with E-state index >= 15 is 0 Å². The number of aromatic nitrogens is 1. The Balaban J connectivity index is 1.61. The van der Waals surface area contributed by atoms with E-state index < -0.39 is 0 Å². The molecule has 1 aliphatic rings. The van der Waals surface area contributed by atoms with Gasteiger partial charge in [0, 0.05) is 24.8 Å². The molecule has 0 spiro atoms. The van der Waals surface area contributed by atoms with Crippen LogP contribution in [0.25, 0.3) is 0 Å². The van der Waals surface area contributed by atoms with Crippen LogP contribution in [0.3, 0.4) is 0 Å². The van der Waals surface area contributed by atoms with Gasteiger partial charge in [0.2, 0.25) is 0 Å². The van der Waals surface area contributed by atoms with Crippen LogP contribution in [-0.2, 0) is 6.54 Å². The summed E-state index contributed by atoms with van der Waals surface area (Å²) in [5.41, 5.74) is 1.27. The Hall–Kier alpha value is -1.58. The van der Waals surface area contributed by atoms with Crippen molar-refractivity contribution in [3.8, 4) is 11.5 Å². The smallest absolute Gasteiger partial charge is 0.147 e. The summed E-state index contributed by atoms with van der Waals surface area (Å²) >= 11 is 5.86. The number of hydrogen-bond donors (Lipinski definition) is 1. The van der Waals surface area contributed by atoms with Crippen LogP contribution in [0.4, 0.5) is 0 Å². The second kappa shape index (κ2) is 5.59. The standard InChI is InChI=1S/C15H15ClN2O/c16-12-7-15(10-17-9-12)19-14-5-1-11(2-6-14)8-18-13-3-4-13/h1-2,5-7,9-10,13,18H,3-4,8H2. The summed E-state index contributed by atoms with van der Waals surface area (Å²) in [5.74, 6) is 1.44. The lowest BCUT2D eigenvalue weighted by Crippen LogP contribution is -2.14. The summed E-state index contributed by atoms with van der Waals surface area (Å²) in [7, 11) is 0. The van der Waals surface area contributed by atoms with Crippen LogP contribution < -0.4 is 10.1 Å². The molecule has 0 bridgehead atoms. The van der Waals surface area contributed by atoms with Crippen molar-refractivity contribution in [1.82, 2.24) is 10.3 Å². The van der Waals surface area contributed by atoms with Crippen molar-refractivity contribution in [2.45, 2.75) is 25.4 Å². The highest BCUT2D eigenvalue weighted by Gasteiger charge is 2.19. The van der Waals surface area contributed by atoms with Gasteiger partial charge < -0.3 is 10.1 Å². The minimum atomic E-state index is 0.572. The first-order chi connectivity index (χ1) is 9.29. The zero-order valence-electron chi connectivity index (χ0n) is 10.5. The second-order valence-electron chi connectivity index (χ2n) is 4.74. The monoisotopic (exact) mass is 274 g/mol. The third kappa shape index (κ3) is 3.69. The van der Waals surface area contributed by atoms with Crippen LogP contribution in [0.1, 0.15) is 18.4 Å². The molecular weight excluding hydrogens is 260 g/mol. The molecule has 1 saturated carbocycles. The van der Waals surface area contributed by atoms with Gasteiger partial charge in [-0.1, -0.05) is 23.7 Å². The lowest BCUT2D eigenvalue weighted by molar-refractivity contribution is 0.480. The molecule has 19 heavy (non-hydrogen) atoms. The molecule has 1 heterocycles. The van der Waals surface area contributed by atoms with E-state index in [9.17, 15) is 0 Å². The van der Waals surface area contributed by atoms with Crippen molar-refractivity contribution < 1.29 is 4.74 Å². The number of pyridine rings is 1. The lowest BCUT2D eigenvalue weighted by atomic mass is 10.2. The fourth-order valence-corrected chi connectivity index (χ4v) is 1.97. The molecule has 1 N–H and O–H groups in total. The summed E-state index contributed by atoms with van der Waals surface area (Å²) in [6.45, 7) is 0.920. The minimum Gasteiger partial charge on any atom is -0.456 e. The summed E-state index contributed by atoms with van der Waals surface area (Å²) in [6.07, 6.45) is 5.85. The molecule has 1 aromatic heterocycles. The van der Waals surface area contributed by atoms with Gasteiger partial charge in [-0.15, -0.1) is 0 Å². The van der Waals surface area contributed by atoms with Crippen LogP contribution in [-0.4, -0.2) is 11.0 Å². The third-order valence-electron chi connectivity index (χ3n) is 3.01. The summed E-state index contributed by atoms with van der Waals surface area (Å²) in [4.78, 5) is 3.99. The average Bonchev–Trinajstić information content (AvgIpc) is 3.22. The number of nitrogens with zero attached hydrogens (tertiary/aromatic N) is 1. The van der Waals surface area contributed by atoms with E-state index in [1.165, 1.54) is 18.4 Å². The van der Waals surface area contributed by atoms with Gasteiger partial charge in [0.05, 0.1) is 11.2 Å². The number of ether oxygens (including phenoxy) is 1. The summed E-state index contributed by atoms with van der Waals surface area (Å²) < 4.78 is 5.68. The fraction of sp³-hybridized carbons (Fsp3) is 0.267. The second-order valence-corrected chi connectivity index (χ2v) is 5.18.